The van der Waals surface area contributed by atoms with Gasteiger partial charge in [0.2, 0.25) is 0 Å². The minimum Gasteiger partial charge on any atom is -0.449 e. The molecular weight excluding hydrogens is 380 g/mol. The van der Waals surface area contributed by atoms with Gasteiger partial charge in [-0.3, -0.25) is 4.79 Å². The molecule has 0 spiro atoms. The summed E-state index contributed by atoms with van der Waals surface area (Å²) >= 11 is 0. The Balaban J connectivity index is 1.68. The van der Waals surface area contributed by atoms with Crippen molar-refractivity contribution in [1.29, 1.82) is 0 Å². The zero-order valence-electron chi connectivity index (χ0n) is 15.9. The van der Waals surface area contributed by atoms with Crippen LogP contribution < -0.4 is 0 Å². The van der Waals surface area contributed by atoms with Gasteiger partial charge in [0.1, 0.15) is 0 Å². The van der Waals surface area contributed by atoms with Crippen LogP contribution in [0.4, 0.5) is 0 Å². The summed E-state index contributed by atoms with van der Waals surface area (Å²) in [4.78, 5) is 26.8. The number of nitrogens with zero attached hydrogens (tertiary/aromatic N) is 2. The summed E-state index contributed by atoms with van der Waals surface area (Å²) < 4.78 is 30.7. The van der Waals surface area contributed by atoms with Gasteiger partial charge in [-0.15, -0.1) is 0 Å². The molecule has 150 valence electrons. The van der Waals surface area contributed by atoms with E-state index in [1.165, 1.54) is 11.8 Å². The highest BCUT2D eigenvalue weighted by Crippen LogP contribution is 2.19. The molecule has 1 aliphatic rings. The van der Waals surface area contributed by atoms with Crippen molar-refractivity contribution in [2.75, 3.05) is 18.1 Å². The monoisotopic (exact) mass is 404 g/mol. The maximum atomic E-state index is 12.7. The molecule has 0 aliphatic carbocycles. The summed E-state index contributed by atoms with van der Waals surface area (Å²) in [7, 11) is -3.11. The number of rotatable bonds is 6. The third kappa shape index (κ3) is 4.44. The van der Waals surface area contributed by atoms with E-state index in [1.54, 1.807) is 25.1 Å². The fourth-order valence-corrected chi connectivity index (χ4v) is 5.16. The standard InChI is InChI=1S/C20H24N2O5S/c1-3-22(18-9-12-28(25,26)14-18)19(23)15(2)27-20(24)16-7-6-8-17(13-16)21-10-4-5-11-21/h4-8,10-11,13,15,18H,3,9,12,14H2,1-2H3. The molecule has 1 fully saturated rings. The Labute approximate surface area is 164 Å². The van der Waals surface area contributed by atoms with Crippen LogP contribution in [0.1, 0.15) is 30.6 Å². The highest BCUT2D eigenvalue weighted by molar-refractivity contribution is 7.91. The van der Waals surface area contributed by atoms with Crippen molar-refractivity contribution in [1.82, 2.24) is 9.47 Å². The molecule has 2 unspecified atom stereocenters. The fraction of sp³-hybridized carbons (Fsp3) is 0.400. The summed E-state index contributed by atoms with van der Waals surface area (Å²) in [6, 6.07) is 10.3. The van der Waals surface area contributed by atoms with Crippen LogP contribution in [0.25, 0.3) is 5.69 Å². The van der Waals surface area contributed by atoms with Crippen LogP contribution in [0.3, 0.4) is 0 Å². The normalized spacial score (nSPS) is 19.1. The molecular formula is C20H24N2O5S. The Hall–Kier alpha value is -2.61. The maximum absolute atomic E-state index is 12.7. The SMILES string of the molecule is CCN(C(=O)C(C)OC(=O)c1cccc(-n2cccc2)c1)C1CCS(=O)(=O)C1. The summed E-state index contributed by atoms with van der Waals surface area (Å²) in [6.07, 6.45) is 3.16. The average Bonchev–Trinajstić information content (AvgIpc) is 3.32. The van der Waals surface area contributed by atoms with E-state index < -0.39 is 21.9 Å². The third-order valence-corrected chi connectivity index (χ3v) is 6.64. The number of hydrogen-bond acceptors (Lipinski definition) is 5. The molecule has 8 heteroatoms. The summed E-state index contributed by atoms with van der Waals surface area (Å²) in [6.45, 7) is 3.67. The van der Waals surface area contributed by atoms with Crippen molar-refractivity contribution in [3.63, 3.8) is 0 Å². The van der Waals surface area contributed by atoms with Gasteiger partial charge in [0.05, 0.1) is 17.1 Å². The quantitative estimate of drug-likeness (QED) is 0.688. The minimum atomic E-state index is -3.11. The van der Waals surface area contributed by atoms with Gasteiger partial charge in [-0.25, -0.2) is 13.2 Å². The summed E-state index contributed by atoms with van der Waals surface area (Å²) in [5.41, 5.74) is 1.15. The van der Waals surface area contributed by atoms with E-state index in [0.29, 0.717) is 18.5 Å². The third-order valence-electron chi connectivity index (χ3n) is 4.89. The van der Waals surface area contributed by atoms with Crippen LogP contribution >= 0.6 is 0 Å². The van der Waals surface area contributed by atoms with Gasteiger partial charge in [0.15, 0.2) is 15.9 Å². The van der Waals surface area contributed by atoms with E-state index >= 15 is 0 Å². The maximum Gasteiger partial charge on any atom is 0.338 e. The number of esters is 1. The van der Waals surface area contributed by atoms with E-state index in [0.717, 1.165) is 5.69 Å². The van der Waals surface area contributed by atoms with Gasteiger partial charge in [-0.05, 0) is 50.6 Å². The summed E-state index contributed by atoms with van der Waals surface area (Å²) in [5, 5.41) is 0. The number of carbonyl (C=O) groups is 2. The first-order chi connectivity index (χ1) is 13.3. The molecule has 0 radical (unpaired) electrons. The first kappa shape index (κ1) is 20.1. The van der Waals surface area contributed by atoms with Crippen molar-refractivity contribution in [3.05, 3.63) is 54.4 Å². The van der Waals surface area contributed by atoms with E-state index in [2.05, 4.69) is 0 Å². The number of likely N-dealkylation sites (N-methyl/N-ethyl adjacent to an activating group) is 1. The number of sulfone groups is 1. The van der Waals surface area contributed by atoms with Gasteiger partial charge >= 0.3 is 5.97 Å². The van der Waals surface area contributed by atoms with Crippen LogP contribution in [0.2, 0.25) is 0 Å². The predicted molar refractivity (Wildman–Crippen MR) is 105 cm³/mol. The van der Waals surface area contributed by atoms with E-state index in [-0.39, 0.29) is 23.5 Å². The lowest BCUT2D eigenvalue weighted by Gasteiger charge is -2.29. The fourth-order valence-electron chi connectivity index (χ4n) is 3.43. The van der Waals surface area contributed by atoms with Gasteiger partial charge in [0.25, 0.3) is 5.91 Å². The molecule has 1 aliphatic heterocycles. The van der Waals surface area contributed by atoms with Gasteiger partial charge in [-0.1, -0.05) is 6.07 Å². The first-order valence-corrected chi connectivity index (χ1v) is 11.1. The van der Waals surface area contributed by atoms with Crippen LogP contribution in [-0.4, -0.2) is 60.0 Å². The second-order valence-electron chi connectivity index (χ2n) is 6.87. The van der Waals surface area contributed by atoms with Gasteiger partial charge in [0, 0.05) is 30.7 Å². The first-order valence-electron chi connectivity index (χ1n) is 9.26. The highest BCUT2D eigenvalue weighted by Gasteiger charge is 2.36. The number of hydrogen-bond donors (Lipinski definition) is 0. The molecule has 2 atom stereocenters. The Morgan fingerprint density at radius 2 is 1.96 bits per heavy atom. The molecule has 1 aromatic heterocycles. The molecule has 0 saturated carbocycles. The number of carbonyl (C=O) groups excluding carboxylic acids is 2. The molecule has 2 aromatic rings. The lowest BCUT2D eigenvalue weighted by molar-refractivity contribution is -0.141. The molecule has 7 nitrogen and oxygen atoms in total. The lowest BCUT2D eigenvalue weighted by atomic mass is 10.2. The van der Waals surface area contributed by atoms with Crippen LogP contribution in [0.15, 0.2) is 48.8 Å². The van der Waals surface area contributed by atoms with E-state index in [1.807, 2.05) is 35.2 Å². The summed E-state index contributed by atoms with van der Waals surface area (Å²) in [5.74, 6) is -0.919. The Morgan fingerprint density at radius 1 is 1.25 bits per heavy atom. The number of aromatic nitrogens is 1. The van der Waals surface area contributed by atoms with Gasteiger partial charge < -0.3 is 14.2 Å². The van der Waals surface area contributed by atoms with Crippen LogP contribution in [0, 0.1) is 0 Å². The van der Waals surface area contributed by atoms with Crippen molar-refractivity contribution in [2.24, 2.45) is 0 Å². The Bertz CT molecular complexity index is 953. The zero-order valence-corrected chi connectivity index (χ0v) is 16.8. The zero-order chi connectivity index (χ0) is 20.3. The largest absolute Gasteiger partial charge is 0.449 e. The molecule has 2 heterocycles. The molecule has 0 N–H and O–H groups in total. The molecule has 3 rings (SSSR count). The second kappa shape index (κ2) is 8.18. The van der Waals surface area contributed by atoms with Crippen LogP contribution in [-0.2, 0) is 19.4 Å². The molecule has 1 saturated heterocycles. The van der Waals surface area contributed by atoms with Gasteiger partial charge in [-0.2, -0.15) is 0 Å². The lowest BCUT2D eigenvalue weighted by Crippen LogP contribution is -2.46. The Kier molecular flexibility index (Phi) is 5.88. The van der Waals surface area contributed by atoms with Crippen molar-refractivity contribution in [2.45, 2.75) is 32.4 Å². The van der Waals surface area contributed by atoms with Crippen LogP contribution in [0.5, 0.6) is 0 Å². The minimum absolute atomic E-state index is 0.0356. The average molecular weight is 404 g/mol. The number of amides is 1. The molecule has 28 heavy (non-hydrogen) atoms. The number of benzene rings is 1. The molecule has 0 bridgehead atoms. The second-order valence-corrected chi connectivity index (χ2v) is 9.10. The van der Waals surface area contributed by atoms with Crippen molar-refractivity contribution < 1.29 is 22.7 Å². The number of ether oxygens (including phenoxy) is 1. The van der Waals surface area contributed by atoms with E-state index in [4.69, 9.17) is 4.74 Å². The Morgan fingerprint density at radius 3 is 2.57 bits per heavy atom. The molecule has 1 aromatic carbocycles. The van der Waals surface area contributed by atoms with E-state index in [9.17, 15) is 18.0 Å². The topological polar surface area (TPSA) is 85.7 Å². The molecule has 1 amide bonds. The predicted octanol–water partition coefficient (Wildman–Crippen LogP) is 2.06. The smallest absolute Gasteiger partial charge is 0.338 e. The van der Waals surface area contributed by atoms with Crippen molar-refractivity contribution >= 4 is 21.7 Å². The highest BCUT2D eigenvalue weighted by atomic mass is 32.2. The van der Waals surface area contributed by atoms with Crippen molar-refractivity contribution in [3.8, 4) is 5.69 Å².